The van der Waals surface area contributed by atoms with Gasteiger partial charge in [0, 0.05) is 23.8 Å². The van der Waals surface area contributed by atoms with Gasteiger partial charge >= 0.3 is 0 Å². The molecule has 2 atom stereocenters. The Kier molecular flexibility index (Phi) is 4.23. The topological polar surface area (TPSA) is 36.2 Å². The van der Waals surface area contributed by atoms with Crippen molar-refractivity contribution in [1.82, 2.24) is 0 Å². The standard InChI is InChI=1S/C16H17NO2S/c18-17-9-5-4-8-16(17)20-12-15-10-14(11-19-15)13-6-2-1-3-7-13/h1-9,14-15H,10-12H2/t14-,15-/m0/s1. The lowest BCUT2D eigenvalue weighted by molar-refractivity contribution is -0.645. The van der Waals surface area contributed by atoms with Gasteiger partial charge in [0.1, 0.15) is 0 Å². The molecule has 104 valence electrons. The molecule has 4 heteroatoms. The third-order valence-electron chi connectivity index (χ3n) is 3.56. The van der Waals surface area contributed by atoms with Gasteiger partial charge in [-0.2, -0.15) is 4.73 Å². The SMILES string of the molecule is [O-][n+]1ccccc1SC[C@@H]1C[C@H](c2ccccc2)CO1. The molecule has 1 saturated heterocycles. The van der Waals surface area contributed by atoms with Crippen LogP contribution in [0.3, 0.4) is 0 Å². The first-order chi connectivity index (χ1) is 9.83. The largest absolute Gasteiger partial charge is 0.618 e. The number of benzene rings is 1. The third kappa shape index (κ3) is 3.14. The van der Waals surface area contributed by atoms with Crippen LogP contribution in [0.15, 0.2) is 59.8 Å². The van der Waals surface area contributed by atoms with Crippen LogP contribution in [-0.2, 0) is 4.74 Å². The minimum Gasteiger partial charge on any atom is -0.618 e. The molecule has 0 radical (unpaired) electrons. The zero-order chi connectivity index (χ0) is 13.8. The Morgan fingerprint density at radius 3 is 2.75 bits per heavy atom. The molecule has 0 aliphatic carbocycles. The molecule has 3 rings (SSSR count). The summed E-state index contributed by atoms with van der Waals surface area (Å²) in [5.74, 6) is 1.31. The van der Waals surface area contributed by atoms with Gasteiger partial charge in [-0.15, -0.1) is 0 Å². The summed E-state index contributed by atoms with van der Waals surface area (Å²) in [7, 11) is 0. The van der Waals surface area contributed by atoms with E-state index in [1.54, 1.807) is 17.8 Å². The second-order valence-electron chi connectivity index (χ2n) is 4.97. The normalized spacial score (nSPS) is 22.0. The molecule has 3 nitrogen and oxygen atoms in total. The van der Waals surface area contributed by atoms with E-state index in [9.17, 15) is 5.21 Å². The van der Waals surface area contributed by atoms with Gasteiger partial charge in [0.05, 0.1) is 12.7 Å². The summed E-state index contributed by atoms with van der Waals surface area (Å²) in [6.45, 7) is 0.779. The zero-order valence-corrected chi connectivity index (χ0v) is 12.0. The molecular formula is C16H17NO2S. The van der Waals surface area contributed by atoms with Crippen molar-refractivity contribution in [1.29, 1.82) is 0 Å². The summed E-state index contributed by atoms with van der Waals surface area (Å²) in [5, 5.41) is 12.3. The molecule has 0 spiro atoms. The van der Waals surface area contributed by atoms with Crippen molar-refractivity contribution in [3.8, 4) is 0 Å². The van der Waals surface area contributed by atoms with Crippen LogP contribution in [0.2, 0.25) is 0 Å². The van der Waals surface area contributed by atoms with Crippen LogP contribution in [0.1, 0.15) is 17.9 Å². The van der Waals surface area contributed by atoms with Crippen LogP contribution in [-0.4, -0.2) is 18.5 Å². The van der Waals surface area contributed by atoms with Gasteiger partial charge in [0.25, 0.3) is 5.03 Å². The molecule has 2 aromatic rings. The molecule has 0 N–H and O–H groups in total. The molecule has 20 heavy (non-hydrogen) atoms. The molecule has 1 aromatic heterocycles. The van der Waals surface area contributed by atoms with Gasteiger partial charge in [0.15, 0.2) is 6.20 Å². The van der Waals surface area contributed by atoms with E-state index in [2.05, 4.69) is 24.3 Å². The van der Waals surface area contributed by atoms with Crippen molar-refractivity contribution in [2.24, 2.45) is 0 Å². The van der Waals surface area contributed by atoms with Crippen molar-refractivity contribution in [3.63, 3.8) is 0 Å². The number of thioether (sulfide) groups is 1. The summed E-state index contributed by atoms with van der Waals surface area (Å²) in [6, 6.07) is 16.0. The summed E-state index contributed by atoms with van der Waals surface area (Å²) < 4.78 is 6.76. The van der Waals surface area contributed by atoms with Crippen molar-refractivity contribution in [2.45, 2.75) is 23.5 Å². The Hall–Kier alpha value is -1.52. The average molecular weight is 287 g/mol. The highest BCUT2D eigenvalue weighted by atomic mass is 32.2. The number of hydrogen-bond donors (Lipinski definition) is 0. The number of aromatic nitrogens is 1. The molecule has 0 amide bonds. The van der Waals surface area contributed by atoms with Crippen LogP contribution < -0.4 is 4.73 Å². The quantitative estimate of drug-likeness (QED) is 0.493. The highest BCUT2D eigenvalue weighted by Crippen LogP contribution is 2.31. The molecule has 1 aliphatic heterocycles. The molecule has 0 unspecified atom stereocenters. The van der Waals surface area contributed by atoms with Crippen LogP contribution in [0.4, 0.5) is 0 Å². The maximum absolute atomic E-state index is 11.6. The first kappa shape index (κ1) is 13.5. The number of rotatable bonds is 4. The highest BCUT2D eigenvalue weighted by Gasteiger charge is 2.27. The number of ether oxygens (including phenoxy) is 1. The van der Waals surface area contributed by atoms with Crippen molar-refractivity contribution in [2.75, 3.05) is 12.4 Å². The Bertz CT molecular complexity index is 561. The smallest absolute Gasteiger partial charge is 0.251 e. The second kappa shape index (κ2) is 6.29. The van der Waals surface area contributed by atoms with E-state index in [1.165, 1.54) is 11.8 Å². The summed E-state index contributed by atoms with van der Waals surface area (Å²) >= 11 is 1.57. The molecule has 1 aliphatic rings. The molecule has 1 aromatic carbocycles. The van der Waals surface area contributed by atoms with E-state index in [0.29, 0.717) is 5.92 Å². The lowest BCUT2D eigenvalue weighted by Crippen LogP contribution is -2.28. The van der Waals surface area contributed by atoms with E-state index >= 15 is 0 Å². The molecule has 2 heterocycles. The predicted molar refractivity (Wildman–Crippen MR) is 79.7 cm³/mol. The lowest BCUT2D eigenvalue weighted by atomic mass is 9.97. The lowest BCUT2D eigenvalue weighted by Gasteiger charge is -2.09. The Morgan fingerprint density at radius 1 is 1.15 bits per heavy atom. The Balaban J connectivity index is 1.55. The van der Waals surface area contributed by atoms with Crippen molar-refractivity contribution in [3.05, 3.63) is 65.5 Å². The average Bonchev–Trinajstić information content (AvgIpc) is 2.96. The van der Waals surface area contributed by atoms with E-state index in [-0.39, 0.29) is 6.10 Å². The fraction of sp³-hybridized carbons (Fsp3) is 0.312. The summed E-state index contributed by atoms with van der Waals surface area (Å²) in [5.41, 5.74) is 1.35. The van der Waals surface area contributed by atoms with Gasteiger partial charge in [0.2, 0.25) is 0 Å². The third-order valence-corrected chi connectivity index (χ3v) is 4.71. The molecular weight excluding hydrogens is 270 g/mol. The van der Waals surface area contributed by atoms with Crippen LogP contribution >= 0.6 is 11.8 Å². The van der Waals surface area contributed by atoms with Crippen LogP contribution in [0.5, 0.6) is 0 Å². The van der Waals surface area contributed by atoms with Gasteiger partial charge in [-0.1, -0.05) is 42.1 Å². The van der Waals surface area contributed by atoms with E-state index < -0.39 is 0 Å². The van der Waals surface area contributed by atoms with Crippen LogP contribution in [0.25, 0.3) is 0 Å². The summed E-state index contributed by atoms with van der Waals surface area (Å²) in [6.07, 6.45) is 2.79. The fourth-order valence-corrected chi connectivity index (χ4v) is 3.43. The fourth-order valence-electron chi connectivity index (χ4n) is 2.48. The van der Waals surface area contributed by atoms with Crippen molar-refractivity contribution < 1.29 is 9.47 Å². The maximum Gasteiger partial charge on any atom is 0.251 e. The zero-order valence-electron chi connectivity index (χ0n) is 11.1. The highest BCUT2D eigenvalue weighted by molar-refractivity contribution is 7.99. The number of hydrogen-bond acceptors (Lipinski definition) is 3. The minimum absolute atomic E-state index is 0.227. The van der Waals surface area contributed by atoms with E-state index in [0.717, 1.165) is 28.5 Å². The van der Waals surface area contributed by atoms with Crippen LogP contribution in [0, 0.1) is 5.21 Å². The summed E-state index contributed by atoms with van der Waals surface area (Å²) in [4.78, 5) is 0. The van der Waals surface area contributed by atoms with Crippen molar-refractivity contribution >= 4 is 11.8 Å². The van der Waals surface area contributed by atoms with Gasteiger partial charge in [-0.3, -0.25) is 0 Å². The molecule has 0 saturated carbocycles. The van der Waals surface area contributed by atoms with Gasteiger partial charge in [-0.05, 0) is 18.1 Å². The van der Waals surface area contributed by atoms with E-state index in [1.807, 2.05) is 18.2 Å². The molecule has 0 bridgehead atoms. The number of nitrogens with zero attached hydrogens (tertiary/aromatic N) is 1. The number of pyridine rings is 1. The van der Waals surface area contributed by atoms with E-state index in [4.69, 9.17) is 4.74 Å². The molecule has 1 fully saturated rings. The second-order valence-corrected chi connectivity index (χ2v) is 6.01. The first-order valence-corrected chi connectivity index (χ1v) is 7.79. The Morgan fingerprint density at radius 2 is 1.95 bits per heavy atom. The predicted octanol–water partition coefficient (Wildman–Crippen LogP) is 2.98. The monoisotopic (exact) mass is 287 g/mol. The minimum atomic E-state index is 0.227. The Labute approximate surface area is 123 Å². The maximum atomic E-state index is 11.6. The van der Waals surface area contributed by atoms with Gasteiger partial charge < -0.3 is 9.94 Å². The first-order valence-electron chi connectivity index (χ1n) is 6.80. The van der Waals surface area contributed by atoms with Gasteiger partial charge in [-0.25, -0.2) is 0 Å².